The number of likely N-dealkylation sites (N-methyl/N-ethyl adjacent to an activating group) is 1. The highest BCUT2D eigenvalue weighted by atomic mass is 16.2. The fraction of sp³-hybridized carbons (Fsp3) is 0.929. The van der Waals surface area contributed by atoms with Crippen molar-refractivity contribution in [2.45, 2.75) is 45.7 Å². The van der Waals surface area contributed by atoms with E-state index in [9.17, 15) is 4.79 Å². The lowest BCUT2D eigenvalue weighted by atomic mass is 10.1. The highest BCUT2D eigenvalue weighted by Gasteiger charge is 2.26. The maximum Gasteiger partial charge on any atom is 0.239 e. The molecule has 1 amide bonds. The zero-order valence-electron chi connectivity index (χ0n) is 12.6. The Kier molecular flexibility index (Phi) is 6.09. The predicted molar refractivity (Wildman–Crippen MR) is 75.6 cm³/mol. The molecule has 0 saturated carbocycles. The molecule has 0 aromatic rings. The van der Waals surface area contributed by atoms with E-state index in [2.05, 4.69) is 24.1 Å². The van der Waals surface area contributed by atoms with Crippen LogP contribution in [0.4, 0.5) is 0 Å². The van der Waals surface area contributed by atoms with Crippen LogP contribution in [0.2, 0.25) is 0 Å². The SMILES string of the molecule is CC(C)CN(CC1CCCN1)C(C)C(=O)N(C)C. The number of nitrogens with zero attached hydrogens (tertiary/aromatic N) is 2. The molecule has 0 spiro atoms. The fourth-order valence-corrected chi connectivity index (χ4v) is 2.59. The minimum atomic E-state index is -0.0233. The summed E-state index contributed by atoms with van der Waals surface area (Å²) in [5.74, 6) is 0.789. The topological polar surface area (TPSA) is 35.6 Å². The summed E-state index contributed by atoms with van der Waals surface area (Å²) < 4.78 is 0. The molecule has 1 N–H and O–H groups in total. The summed E-state index contributed by atoms with van der Waals surface area (Å²) in [5, 5.41) is 3.52. The number of carbonyl (C=O) groups excluding carboxylic acids is 1. The van der Waals surface area contributed by atoms with E-state index in [4.69, 9.17) is 0 Å². The van der Waals surface area contributed by atoms with Gasteiger partial charge in [0, 0.05) is 33.2 Å². The molecule has 0 aromatic heterocycles. The first-order chi connectivity index (χ1) is 8.41. The van der Waals surface area contributed by atoms with Crippen LogP contribution in [0.5, 0.6) is 0 Å². The van der Waals surface area contributed by atoms with E-state index in [1.807, 2.05) is 21.0 Å². The van der Waals surface area contributed by atoms with Crippen LogP contribution in [-0.4, -0.2) is 61.5 Å². The van der Waals surface area contributed by atoms with Crippen molar-refractivity contribution in [1.82, 2.24) is 15.1 Å². The van der Waals surface area contributed by atoms with Crippen LogP contribution in [0.15, 0.2) is 0 Å². The Morgan fingerprint density at radius 2 is 2.00 bits per heavy atom. The Morgan fingerprint density at radius 3 is 2.44 bits per heavy atom. The Bertz CT molecular complexity index is 260. The van der Waals surface area contributed by atoms with Gasteiger partial charge in [-0.2, -0.15) is 0 Å². The number of carbonyl (C=O) groups is 1. The minimum Gasteiger partial charge on any atom is -0.347 e. The smallest absolute Gasteiger partial charge is 0.239 e. The monoisotopic (exact) mass is 255 g/mol. The first-order valence-electron chi connectivity index (χ1n) is 7.10. The first kappa shape index (κ1) is 15.4. The lowest BCUT2D eigenvalue weighted by Crippen LogP contribution is -2.50. The minimum absolute atomic E-state index is 0.0233. The predicted octanol–water partition coefficient (Wildman–Crippen LogP) is 1.17. The van der Waals surface area contributed by atoms with Gasteiger partial charge in [0.25, 0.3) is 0 Å². The zero-order chi connectivity index (χ0) is 13.7. The molecule has 1 heterocycles. The average Bonchev–Trinajstić information content (AvgIpc) is 2.78. The molecule has 106 valence electrons. The molecule has 2 unspecified atom stereocenters. The van der Waals surface area contributed by atoms with Crippen LogP contribution in [-0.2, 0) is 4.79 Å². The summed E-state index contributed by atoms with van der Waals surface area (Å²) in [6.45, 7) is 9.54. The molecule has 4 nitrogen and oxygen atoms in total. The van der Waals surface area contributed by atoms with Crippen LogP contribution in [0, 0.1) is 5.92 Å². The van der Waals surface area contributed by atoms with Crippen LogP contribution in [0.3, 0.4) is 0 Å². The Balaban J connectivity index is 2.60. The zero-order valence-corrected chi connectivity index (χ0v) is 12.6. The van der Waals surface area contributed by atoms with E-state index in [1.165, 1.54) is 12.8 Å². The van der Waals surface area contributed by atoms with Gasteiger partial charge >= 0.3 is 0 Å². The largest absolute Gasteiger partial charge is 0.347 e. The summed E-state index contributed by atoms with van der Waals surface area (Å²) in [6.07, 6.45) is 2.49. The van der Waals surface area contributed by atoms with E-state index in [0.29, 0.717) is 12.0 Å². The molecule has 1 fully saturated rings. The molecular formula is C14H29N3O. The van der Waals surface area contributed by atoms with Gasteiger partial charge in [-0.25, -0.2) is 0 Å². The van der Waals surface area contributed by atoms with E-state index in [1.54, 1.807) is 4.90 Å². The summed E-state index contributed by atoms with van der Waals surface area (Å²) in [7, 11) is 3.67. The second kappa shape index (κ2) is 7.10. The maximum absolute atomic E-state index is 12.1. The summed E-state index contributed by atoms with van der Waals surface area (Å²) in [4.78, 5) is 16.1. The second-order valence-electron chi connectivity index (χ2n) is 6.05. The Hall–Kier alpha value is -0.610. The van der Waals surface area contributed by atoms with Gasteiger partial charge in [0.2, 0.25) is 5.91 Å². The summed E-state index contributed by atoms with van der Waals surface area (Å²) >= 11 is 0. The van der Waals surface area contributed by atoms with Gasteiger partial charge in [0.05, 0.1) is 6.04 Å². The number of hydrogen-bond donors (Lipinski definition) is 1. The molecule has 0 radical (unpaired) electrons. The summed E-state index contributed by atoms with van der Waals surface area (Å²) in [5.41, 5.74) is 0. The van der Waals surface area contributed by atoms with Crippen molar-refractivity contribution in [3.8, 4) is 0 Å². The van der Waals surface area contributed by atoms with Gasteiger partial charge in [0.1, 0.15) is 0 Å². The highest BCUT2D eigenvalue weighted by Crippen LogP contribution is 2.12. The van der Waals surface area contributed by atoms with Crippen LogP contribution in [0.25, 0.3) is 0 Å². The standard InChI is InChI=1S/C14H29N3O/c1-11(2)9-17(10-13-7-6-8-15-13)12(3)14(18)16(4)5/h11-13,15H,6-10H2,1-5H3. The molecule has 1 aliphatic heterocycles. The van der Waals surface area contributed by atoms with Gasteiger partial charge in [0.15, 0.2) is 0 Å². The highest BCUT2D eigenvalue weighted by molar-refractivity contribution is 5.80. The van der Waals surface area contributed by atoms with Crippen molar-refractivity contribution in [1.29, 1.82) is 0 Å². The second-order valence-corrected chi connectivity index (χ2v) is 6.05. The fourth-order valence-electron chi connectivity index (χ4n) is 2.59. The van der Waals surface area contributed by atoms with Gasteiger partial charge in [-0.05, 0) is 32.2 Å². The third kappa shape index (κ3) is 4.58. The molecule has 1 saturated heterocycles. The molecule has 4 heteroatoms. The summed E-state index contributed by atoms with van der Waals surface area (Å²) in [6, 6.07) is 0.533. The third-order valence-corrected chi connectivity index (χ3v) is 3.56. The number of hydrogen-bond acceptors (Lipinski definition) is 3. The molecule has 0 aliphatic carbocycles. The molecule has 0 bridgehead atoms. The van der Waals surface area contributed by atoms with Crippen molar-refractivity contribution < 1.29 is 4.79 Å². The normalized spacial score (nSPS) is 21.6. The number of rotatable bonds is 6. The molecule has 18 heavy (non-hydrogen) atoms. The molecule has 0 aromatic carbocycles. The van der Waals surface area contributed by atoms with Crippen molar-refractivity contribution in [3.63, 3.8) is 0 Å². The molecule has 1 rings (SSSR count). The average molecular weight is 255 g/mol. The van der Waals surface area contributed by atoms with Crippen LogP contribution < -0.4 is 5.32 Å². The van der Waals surface area contributed by atoms with Gasteiger partial charge in [-0.1, -0.05) is 13.8 Å². The van der Waals surface area contributed by atoms with Crippen molar-refractivity contribution in [3.05, 3.63) is 0 Å². The van der Waals surface area contributed by atoms with Gasteiger partial charge in [-0.3, -0.25) is 9.69 Å². The lowest BCUT2D eigenvalue weighted by Gasteiger charge is -2.33. The van der Waals surface area contributed by atoms with Crippen LogP contribution in [0.1, 0.15) is 33.6 Å². The van der Waals surface area contributed by atoms with Crippen LogP contribution >= 0.6 is 0 Å². The quantitative estimate of drug-likeness (QED) is 0.774. The Labute approximate surface area is 112 Å². The van der Waals surface area contributed by atoms with Crippen molar-refractivity contribution in [2.24, 2.45) is 5.92 Å². The maximum atomic E-state index is 12.1. The third-order valence-electron chi connectivity index (χ3n) is 3.56. The van der Waals surface area contributed by atoms with Gasteiger partial charge in [-0.15, -0.1) is 0 Å². The van der Waals surface area contributed by atoms with E-state index < -0.39 is 0 Å². The van der Waals surface area contributed by atoms with E-state index >= 15 is 0 Å². The molecule has 1 aliphatic rings. The van der Waals surface area contributed by atoms with E-state index in [-0.39, 0.29) is 11.9 Å². The molecular weight excluding hydrogens is 226 g/mol. The van der Waals surface area contributed by atoms with Crippen molar-refractivity contribution >= 4 is 5.91 Å². The van der Waals surface area contributed by atoms with Gasteiger partial charge < -0.3 is 10.2 Å². The Morgan fingerprint density at radius 1 is 1.33 bits per heavy atom. The van der Waals surface area contributed by atoms with Crippen molar-refractivity contribution in [2.75, 3.05) is 33.7 Å². The first-order valence-corrected chi connectivity index (χ1v) is 7.10. The van der Waals surface area contributed by atoms with E-state index in [0.717, 1.165) is 19.6 Å². The molecule has 2 atom stereocenters. The number of nitrogens with one attached hydrogen (secondary N) is 1. The number of amides is 1. The lowest BCUT2D eigenvalue weighted by molar-refractivity contribution is -0.134.